The van der Waals surface area contributed by atoms with Crippen molar-refractivity contribution in [3.8, 4) is 0 Å². The van der Waals surface area contributed by atoms with Gasteiger partial charge >= 0.3 is 6.16 Å². The van der Waals surface area contributed by atoms with Crippen molar-refractivity contribution in [2.45, 2.75) is 130 Å². The molecule has 72 heavy (non-hydrogen) atoms. The van der Waals surface area contributed by atoms with Crippen molar-refractivity contribution in [1.29, 1.82) is 0 Å². The second kappa shape index (κ2) is 22.2. The van der Waals surface area contributed by atoms with Crippen LogP contribution < -0.4 is 0 Å². The van der Waals surface area contributed by atoms with E-state index >= 15 is 0 Å². The van der Waals surface area contributed by atoms with Crippen LogP contribution in [0.3, 0.4) is 0 Å². The monoisotopic (exact) mass is 989 g/mol. The average molecular weight is 989 g/mol. The third-order valence-electron chi connectivity index (χ3n) is 20.8. The number of aliphatic hydroxyl groups is 2. The van der Waals surface area contributed by atoms with E-state index in [0.717, 1.165) is 64.2 Å². The molecule has 11 nitrogen and oxygen atoms in total. The van der Waals surface area contributed by atoms with Crippen molar-refractivity contribution in [3.63, 3.8) is 0 Å². The Morgan fingerprint density at radius 3 is 1.43 bits per heavy atom. The molecule has 2 heterocycles. The van der Waals surface area contributed by atoms with Gasteiger partial charge in [-0.25, -0.2) is 4.79 Å². The maximum Gasteiger partial charge on any atom is 0.508 e. The molecule has 4 saturated carbocycles. The van der Waals surface area contributed by atoms with E-state index in [1.807, 2.05) is 24.8 Å². The van der Waals surface area contributed by atoms with Gasteiger partial charge in [0.05, 0.1) is 65.1 Å². The zero-order valence-electron chi connectivity index (χ0n) is 43.8. The molecule has 392 valence electrons. The number of fused-ring (bicyclic) bond motifs is 10. The van der Waals surface area contributed by atoms with Gasteiger partial charge in [0.2, 0.25) is 0 Å². The molecule has 0 aliphatic heterocycles. The molecule has 11 heteroatoms. The average Bonchev–Trinajstić information content (AvgIpc) is 3.95. The molecule has 8 aliphatic rings. The Morgan fingerprint density at radius 2 is 1.01 bits per heavy atom. The summed E-state index contributed by atoms with van der Waals surface area (Å²) in [6, 6.07) is 8.60. The Balaban J connectivity index is 0.770. The minimum absolute atomic E-state index is 0.0393. The van der Waals surface area contributed by atoms with Gasteiger partial charge in [0.1, 0.15) is 13.2 Å². The minimum atomic E-state index is -0.701. The van der Waals surface area contributed by atoms with E-state index in [4.69, 9.17) is 28.4 Å². The standard InChI is InChI=1S/C61H84N2O9/c1-58-21-17-41(35-45(58)9-11-47-51-15-13-49(43-7-5-25-62-37-43)60(51,3)23-19-53(47)58)55(69-33-31-67-29-27-64)39-71-57(66)72-40-56(70-34-32-68-30-28-65)42-18-22-59(2)46(36-42)10-12-48-52-16-14-50(44-8-6-26-63-38-44)61(52,4)24-20-54(48)59/h5-10,13-14,25-26,37-38,41-42,47-48,51-56,64-65H,11-12,15-24,27-36,39-40H2,1-4H3/t41-,42-,47-,48-,51-,52-,53-,54-,55?,56?,58-,59-,60+,61+/m0/s1. The molecule has 10 rings (SSSR count). The van der Waals surface area contributed by atoms with E-state index in [2.05, 4.69) is 86.2 Å². The highest BCUT2D eigenvalue weighted by atomic mass is 16.7. The summed E-state index contributed by atoms with van der Waals surface area (Å²) in [6.45, 7) is 12.2. The van der Waals surface area contributed by atoms with E-state index in [9.17, 15) is 15.0 Å². The molecular weight excluding hydrogens is 905 g/mol. The highest BCUT2D eigenvalue weighted by molar-refractivity contribution is 5.73. The lowest BCUT2D eigenvalue weighted by molar-refractivity contribution is -0.0893. The highest BCUT2D eigenvalue weighted by Crippen LogP contribution is 2.68. The molecule has 2 aromatic rings. The Morgan fingerprint density at radius 1 is 0.569 bits per heavy atom. The summed E-state index contributed by atoms with van der Waals surface area (Å²) in [4.78, 5) is 22.6. The molecule has 2 N–H and O–H groups in total. The predicted molar refractivity (Wildman–Crippen MR) is 278 cm³/mol. The SMILES string of the molecule is C[C@]12CC[C@H](C(COC(=O)OCC(OCCOCCO)[C@H]3CC[C@@]4(C)C(=CC[C@@H]5[C@@H]4CC[C@]4(C)C(c6cccnc6)=CC[C@@H]54)C3)OCCOCCO)CC1=CC[C@@H]1[C@@H]2CC[C@]2(C)C(c3cccnc3)=CC[C@@H]12. The summed E-state index contributed by atoms with van der Waals surface area (Å²) in [5.74, 6) is 4.26. The fourth-order valence-electron chi connectivity index (χ4n) is 16.9. The van der Waals surface area contributed by atoms with Crippen molar-refractivity contribution in [2.75, 3.05) is 66.1 Å². The number of nitrogens with zero attached hydrogens (tertiary/aromatic N) is 2. The van der Waals surface area contributed by atoms with Gasteiger partial charge in [-0.15, -0.1) is 0 Å². The van der Waals surface area contributed by atoms with Crippen LogP contribution in [0.4, 0.5) is 4.79 Å². The second-order valence-corrected chi connectivity index (χ2v) is 24.0. The lowest BCUT2D eigenvalue weighted by atomic mass is 9.46. The van der Waals surface area contributed by atoms with E-state index in [0.29, 0.717) is 61.9 Å². The van der Waals surface area contributed by atoms with E-state index in [-0.39, 0.29) is 85.3 Å². The zero-order valence-corrected chi connectivity index (χ0v) is 43.8. The minimum Gasteiger partial charge on any atom is -0.432 e. The van der Waals surface area contributed by atoms with Gasteiger partial charge < -0.3 is 38.6 Å². The number of hydrogen-bond acceptors (Lipinski definition) is 11. The van der Waals surface area contributed by atoms with Crippen LogP contribution in [0.25, 0.3) is 11.1 Å². The van der Waals surface area contributed by atoms with Gasteiger partial charge in [-0.3, -0.25) is 9.97 Å². The third kappa shape index (κ3) is 9.98. The van der Waals surface area contributed by atoms with Crippen molar-refractivity contribution < 1.29 is 43.4 Å². The first kappa shape index (κ1) is 51.8. The Bertz CT molecular complexity index is 2140. The molecule has 0 amide bonds. The zero-order chi connectivity index (χ0) is 49.9. The predicted octanol–water partition coefficient (Wildman–Crippen LogP) is 11.3. The molecule has 0 radical (unpaired) electrons. The number of rotatable bonds is 20. The van der Waals surface area contributed by atoms with Crippen LogP contribution >= 0.6 is 0 Å². The number of aliphatic hydroxyl groups excluding tert-OH is 2. The first-order chi connectivity index (χ1) is 35.0. The topological polar surface area (TPSA) is 139 Å². The van der Waals surface area contributed by atoms with Crippen molar-refractivity contribution in [3.05, 3.63) is 95.6 Å². The van der Waals surface area contributed by atoms with Gasteiger partial charge in [-0.2, -0.15) is 0 Å². The fraction of sp³-hybridized carbons (Fsp3) is 0.689. The molecule has 0 spiro atoms. The number of aromatic nitrogens is 2. The molecular formula is C61H84N2O9. The third-order valence-corrected chi connectivity index (χ3v) is 20.8. The lowest BCUT2D eigenvalue weighted by Gasteiger charge is -2.58. The summed E-state index contributed by atoms with van der Waals surface area (Å²) >= 11 is 0. The van der Waals surface area contributed by atoms with Crippen LogP contribution in [-0.4, -0.2) is 105 Å². The van der Waals surface area contributed by atoms with Crippen molar-refractivity contribution in [2.24, 2.45) is 69.0 Å². The Labute approximate surface area is 429 Å². The summed E-state index contributed by atoms with van der Waals surface area (Å²) < 4.78 is 36.3. The first-order valence-electron chi connectivity index (χ1n) is 28.0. The molecule has 0 saturated heterocycles. The normalized spacial score (nSPS) is 36.4. The van der Waals surface area contributed by atoms with Crippen LogP contribution in [-0.2, 0) is 28.4 Å². The lowest BCUT2D eigenvalue weighted by Crippen LogP contribution is -2.50. The smallest absolute Gasteiger partial charge is 0.432 e. The van der Waals surface area contributed by atoms with E-state index in [1.165, 1.54) is 48.0 Å². The summed E-state index contributed by atoms with van der Waals surface area (Å²) in [5.41, 5.74) is 9.32. The maximum atomic E-state index is 13.7. The van der Waals surface area contributed by atoms with Crippen LogP contribution in [0.5, 0.6) is 0 Å². The van der Waals surface area contributed by atoms with Crippen LogP contribution in [0.1, 0.15) is 129 Å². The molecule has 8 aliphatic carbocycles. The summed E-state index contributed by atoms with van der Waals surface area (Å²) in [6.07, 6.45) is 32.1. The number of ether oxygens (including phenoxy) is 6. The molecule has 4 fully saturated rings. The van der Waals surface area contributed by atoms with Crippen LogP contribution in [0, 0.1) is 69.0 Å². The highest BCUT2D eigenvalue weighted by Gasteiger charge is 2.59. The van der Waals surface area contributed by atoms with Crippen molar-refractivity contribution >= 4 is 17.3 Å². The molecule has 0 aromatic carbocycles. The number of pyridine rings is 2. The summed E-state index contributed by atoms with van der Waals surface area (Å²) in [7, 11) is 0. The van der Waals surface area contributed by atoms with Gasteiger partial charge in [0, 0.05) is 24.8 Å². The Kier molecular flexibility index (Phi) is 16.0. The quantitative estimate of drug-likeness (QED) is 0.0745. The maximum absolute atomic E-state index is 13.7. The van der Waals surface area contributed by atoms with Gasteiger partial charge in [0.25, 0.3) is 0 Å². The van der Waals surface area contributed by atoms with Crippen molar-refractivity contribution in [1.82, 2.24) is 9.97 Å². The molecule has 2 unspecified atom stereocenters. The number of carbonyl (C=O) groups excluding carboxylic acids is 1. The number of carbonyl (C=O) groups is 1. The molecule has 2 aromatic heterocycles. The number of allylic oxidation sites excluding steroid dienone is 8. The first-order valence-corrected chi connectivity index (χ1v) is 28.0. The number of hydrogen-bond donors (Lipinski definition) is 2. The second-order valence-electron chi connectivity index (χ2n) is 24.0. The fourth-order valence-corrected chi connectivity index (χ4v) is 16.9. The summed E-state index contributed by atoms with van der Waals surface area (Å²) in [5, 5.41) is 18.6. The van der Waals surface area contributed by atoms with Crippen LogP contribution in [0.2, 0.25) is 0 Å². The van der Waals surface area contributed by atoms with Crippen LogP contribution in [0.15, 0.2) is 84.5 Å². The molecule has 14 atom stereocenters. The molecule has 0 bridgehead atoms. The van der Waals surface area contributed by atoms with Gasteiger partial charge in [-0.1, -0.05) is 75.3 Å². The largest absolute Gasteiger partial charge is 0.508 e. The van der Waals surface area contributed by atoms with E-state index in [1.54, 1.807) is 11.1 Å². The van der Waals surface area contributed by atoms with Gasteiger partial charge in [-0.05, 0) is 193 Å². The van der Waals surface area contributed by atoms with E-state index < -0.39 is 6.16 Å². The Hall–Kier alpha value is -3.71. The van der Waals surface area contributed by atoms with Gasteiger partial charge in [0.15, 0.2) is 0 Å².